The van der Waals surface area contributed by atoms with E-state index >= 15 is 0 Å². The molecule has 1 aromatic heterocycles. The molecule has 0 radical (unpaired) electrons. The molecule has 0 fully saturated rings. The molecule has 108 valence electrons. The van der Waals surface area contributed by atoms with Crippen molar-refractivity contribution in [3.63, 3.8) is 0 Å². The molecule has 0 aliphatic rings. The molecule has 1 unspecified atom stereocenters. The Bertz CT molecular complexity index is 439. The number of primary amides is 1. The Kier molecular flexibility index (Phi) is 4.56. The van der Waals surface area contributed by atoms with Crippen molar-refractivity contribution in [2.45, 2.75) is 44.4 Å². The highest BCUT2D eigenvalue weighted by atomic mass is 19.4. The number of carbonyl (C=O) groups excluding carboxylic acids is 1. The highest BCUT2D eigenvalue weighted by Crippen LogP contribution is 2.27. The van der Waals surface area contributed by atoms with Crippen LogP contribution in [0, 0.1) is 0 Å². The summed E-state index contributed by atoms with van der Waals surface area (Å²) in [5.41, 5.74) is 8.77. The number of alkyl halides is 3. The van der Waals surface area contributed by atoms with Crippen LogP contribution in [0.1, 0.15) is 31.9 Å². The van der Waals surface area contributed by atoms with Crippen LogP contribution in [-0.2, 0) is 17.5 Å². The van der Waals surface area contributed by atoms with Crippen LogP contribution in [0.25, 0.3) is 0 Å². The average Bonchev–Trinajstić information content (AvgIpc) is 2.72. The van der Waals surface area contributed by atoms with Crippen molar-refractivity contribution in [1.82, 2.24) is 9.78 Å². The van der Waals surface area contributed by atoms with Gasteiger partial charge in [-0.25, -0.2) is 0 Å². The van der Waals surface area contributed by atoms with E-state index in [9.17, 15) is 18.0 Å². The molecule has 0 saturated carbocycles. The summed E-state index contributed by atoms with van der Waals surface area (Å²) < 4.78 is 38.1. The number of aryl methyl sites for hydroxylation is 1. The minimum atomic E-state index is -4.42. The lowest BCUT2D eigenvalue weighted by Gasteiger charge is -2.19. The lowest BCUT2D eigenvalue weighted by molar-refractivity contribution is -0.141. The third kappa shape index (κ3) is 4.55. The predicted octanol–water partition coefficient (Wildman–Crippen LogP) is 1.27. The van der Waals surface area contributed by atoms with E-state index in [1.54, 1.807) is 0 Å². The first kappa shape index (κ1) is 15.5. The van der Waals surface area contributed by atoms with Gasteiger partial charge >= 0.3 is 6.18 Å². The minimum absolute atomic E-state index is 0.338. The molecule has 0 saturated heterocycles. The zero-order chi connectivity index (χ0) is 14.7. The molecule has 0 aliphatic heterocycles. The summed E-state index contributed by atoms with van der Waals surface area (Å²) >= 11 is 0. The van der Waals surface area contributed by atoms with E-state index in [0.717, 1.165) is 6.07 Å². The number of nitrogens with zero attached hydrogens (tertiary/aromatic N) is 2. The van der Waals surface area contributed by atoms with Gasteiger partial charge in [0.25, 0.3) is 0 Å². The number of amides is 1. The van der Waals surface area contributed by atoms with Crippen molar-refractivity contribution < 1.29 is 18.0 Å². The lowest BCUT2D eigenvalue weighted by atomic mass is 9.95. The second-order valence-corrected chi connectivity index (χ2v) is 4.70. The molecule has 1 atom stereocenters. The van der Waals surface area contributed by atoms with Crippen LogP contribution in [0.3, 0.4) is 0 Å². The summed E-state index contributed by atoms with van der Waals surface area (Å²) in [5, 5.41) is 3.42. The van der Waals surface area contributed by atoms with Crippen LogP contribution >= 0.6 is 0 Å². The van der Waals surface area contributed by atoms with Gasteiger partial charge < -0.3 is 11.5 Å². The van der Waals surface area contributed by atoms with Crippen LogP contribution in [0.4, 0.5) is 13.2 Å². The first-order valence-electron chi connectivity index (χ1n) is 5.82. The molecule has 1 amide bonds. The van der Waals surface area contributed by atoms with Crippen LogP contribution in [-0.4, -0.2) is 21.2 Å². The Morgan fingerprint density at radius 2 is 2.05 bits per heavy atom. The fourth-order valence-corrected chi connectivity index (χ4v) is 1.53. The summed E-state index contributed by atoms with van der Waals surface area (Å²) in [4.78, 5) is 11.0. The Labute approximate surface area is 108 Å². The van der Waals surface area contributed by atoms with Crippen molar-refractivity contribution in [2.75, 3.05) is 0 Å². The summed E-state index contributed by atoms with van der Waals surface area (Å²) in [6.45, 7) is 1.87. The maximum atomic E-state index is 12.3. The fraction of sp³-hybridized carbons (Fsp3) is 0.636. The Morgan fingerprint density at radius 3 is 2.53 bits per heavy atom. The third-order valence-electron chi connectivity index (χ3n) is 2.83. The van der Waals surface area contributed by atoms with Crippen molar-refractivity contribution in [2.24, 2.45) is 11.5 Å². The van der Waals surface area contributed by atoms with Gasteiger partial charge in [-0.15, -0.1) is 0 Å². The van der Waals surface area contributed by atoms with Gasteiger partial charge in [-0.05, 0) is 32.3 Å². The van der Waals surface area contributed by atoms with Crippen LogP contribution in [0.5, 0.6) is 0 Å². The largest absolute Gasteiger partial charge is 0.435 e. The second-order valence-electron chi connectivity index (χ2n) is 4.70. The number of unbranched alkanes of at least 4 members (excludes halogenated alkanes) is 1. The molecule has 8 heteroatoms. The molecule has 1 rings (SSSR count). The number of hydrogen-bond donors (Lipinski definition) is 2. The number of aromatic nitrogens is 2. The van der Waals surface area contributed by atoms with Gasteiger partial charge in [0, 0.05) is 12.7 Å². The van der Waals surface area contributed by atoms with E-state index < -0.39 is 23.3 Å². The van der Waals surface area contributed by atoms with Gasteiger partial charge in [0.1, 0.15) is 0 Å². The maximum absolute atomic E-state index is 12.3. The van der Waals surface area contributed by atoms with Gasteiger partial charge in [-0.3, -0.25) is 9.48 Å². The molecule has 1 aromatic rings. The van der Waals surface area contributed by atoms with Crippen molar-refractivity contribution in [3.8, 4) is 0 Å². The molecule has 5 nitrogen and oxygen atoms in total. The zero-order valence-electron chi connectivity index (χ0n) is 10.6. The van der Waals surface area contributed by atoms with Crippen LogP contribution in [0.2, 0.25) is 0 Å². The smallest absolute Gasteiger partial charge is 0.368 e. The quantitative estimate of drug-likeness (QED) is 0.768. The zero-order valence-corrected chi connectivity index (χ0v) is 10.6. The molecule has 4 N–H and O–H groups in total. The van der Waals surface area contributed by atoms with Crippen LogP contribution in [0.15, 0.2) is 12.3 Å². The molecular formula is C11H17F3N4O. The maximum Gasteiger partial charge on any atom is 0.435 e. The minimum Gasteiger partial charge on any atom is -0.368 e. The fourth-order valence-electron chi connectivity index (χ4n) is 1.53. The van der Waals surface area contributed by atoms with E-state index in [4.69, 9.17) is 11.5 Å². The third-order valence-corrected chi connectivity index (χ3v) is 2.83. The van der Waals surface area contributed by atoms with Crippen molar-refractivity contribution in [3.05, 3.63) is 18.0 Å². The first-order chi connectivity index (χ1) is 8.63. The first-order valence-corrected chi connectivity index (χ1v) is 5.82. The summed E-state index contributed by atoms with van der Waals surface area (Å²) in [6.07, 6.45) is -1.61. The summed E-state index contributed by atoms with van der Waals surface area (Å²) in [5.74, 6) is -0.592. The van der Waals surface area contributed by atoms with Gasteiger partial charge in [0.15, 0.2) is 5.69 Å². The van der Waals surface area contributed by atoms with Crippen molar-refractivity contribution in [1.29, 1.82) is 0 Å². The number of nitrogens with two attached hydrogens (primary N) is 2. The Morgan fingerprint density at radius 1 is 1.42 bits per heavy atom. The number of rotatable bonds is 6. The topological polar surface area (TPSA) is 86.9 Å². The van der Waals surface area contributed by atoms with Gasteiger partial charge in [0.2, 0.25) is 5.91 Å². The number of halogens is 3. The van der Waals surface area contributed by atoms with Gasteiger partial charge in [0.05, 0.1) is 5.54 Å². The monoisotopic (exact) mass is 278 g/mol. The number of carbonyl (C=O) groups is 1. The summed E-state index contributed by atoms with van der Waals surface area (Å²) in [7, 11) is 0. The van der Waals surface area contributed by atoms with E-state index in [1.165, 1.54) is 17.8 Å². The van der Waals surface area contributed by atoms with Crippen LogP contribution < -0.4 is 11.5 Å². The van der Waals surface area contributed by atoms with Crippen molar-refractivity contribution >= 4 is 5.91 Å². The Hall–Kier alpha value is -1.57. The predicted molar refractivity (Wildman–Crippen MR) is 62.9 cm³/mol. The normalized spacial score (nSPS) is 15.2. The molecule has 1 heterocycles. The van der Waals surface area contributed by atoms with E-state index in [1.807, 2.05) is 0 Å². The Balaban J connectivity index is 2.38. The molecule has 19 heavy (non-hydrogen) atoms. The highest BCUT2D eigenvalue weighted by Gasteiger charge is 2.33. The molecule has 0 aromatic carbocycles. The lowest BCUT2D eigenvalue weighted by Crippen LogP contribution is -2.49. The van der Waals surface area contributed by atoms with E-state index in [0.29, 0.717) is 25.8 Å². The molecule has 0 spiro atoms. The standard InChI is InChI=1S/C11H17F3N4O/c1-10(16,9(15)19)5-2-3-6-18-7-4-8(17-18)11(12,13)14/h4,7H,2-3,5-6,16H2,1H3,(H2,15,19). The summed E-state index contributed by atoms with van der Waals surface area (Å²) in [6, 6.07) is 0.927. The second kappa shape index (κ2) is 5.60. The highest BCUT2D eigenvalue weighted by molar-refractivity contribution is 5.83. The molecule has 0 aliphatic carbocycles. The SMILES string of the molecule is CC(N)(CCCCn1ccc(C(F)(F)F)n1)C(N)=O. The average molecular weight is 278 g/mol. The molecule has 0 bridgehead atoms. The molecular weight excluding hydrogens is 261 g/mol. The van der Waals surface area contributed by atoms with E-state index in [-0.39, 0.29) is 0 Å². The van der Waals surface area contributed by atoms with Gasteiger partial charge in [-0.2, -0.15) is 18.3 Å². The van der Waals surface area contributed by atoms with E-state index in [2.05, 4.69) is 5.10 Å². The number of hydrogen-bond acceptors (Lipinski definition) is 3. The van der Waals surface area contributed by atoms with Gasteiger partial charge in [-0.1, -0.05) is 0 Å².